The maximum atomic E-state index is 8.53. The van der Waals surface area contributed by atoms with Crippen LogP contribution in [0.3, 0.4) is 0 Å². The summed E-state index contributed by atoms with van der Waals surface area (Å²) in [7, 11) is 0. The number of aromatic nitrogens is 2. The van der Waals surface area contributed by atoms with E-state index in [1.807, 2.05) is 6.07 Å². The van der Waals surface area contributed by atoms with Crippen molar-refractivity contribution in [1.29, 1.82) is 5.26 Å². The Morgan fingerprint density at radius 1 is 1.43 bits per heavy atom. The molecule has 0 radical (unpaired) electrons. The molecule has 0 atom stereocenters. The summed E-state index contributed by atoms with van der Waals surface area (Å²) in [5.41, 5.74) is 0.359. The summed E-state index contributed by atoms with van der Waals surface area (Å²) in [4.78, 5) is 8.04. The molecule has 1 aliphatic rings. The van der Waals surface area contributed by atoms with Gasteiger partial charge in [-0.25, -0.2) is 9.97 Å². The van der Waals surface area contributed by atoms with Crippen LogP contribution in [-0.4, -0.2) is 16.0 Å². The van der Waals surface area contributed by atoms with Gasteiger partial charge in [-0.15, -0.1) is 0 Å². The fourth-order valence-corrected chi connectivity index (χ4v) is 1.69. The molecule has 1 aliphatic carbocycles. The highest BCUT2D eigenvalue weighted by atomic mass is 15.0. The maximum absolute atomic E-state index is 8.53. The first kappa shape index (κ1) is 8.95. The molecule has 1 fully saturated rings. The predicted octanol–water partition coefficient (Wildman–Crippen LogP) is 1.56. The Morgan fingerprint density at radius 2 is 2.21 bits per heavy atom. The summed E-state index contributed by atoms with van der Waals surface area (Å²) in [6.07, 6.45) is 5.50. The Labute approximate surface area is 83.0 Å². The molecule has 1 saturated carbocycles. The van der Waals surface area contributed by atoms with Crippen LogP contribution in [-0.2, 0) is 0 Å². The number of rotatable bonds is 2. The quantitative estimate of drug-likeness (QED) is 0.765. The molecule has 72 valence electrons. The van der Waals surface area contributed by atoms with Crippen molar-refractivity contribution in [1.82, 2.24) is 9.97 Å². The summed E-state index contributed by atoms with van der Waals surface area (Å²) in [5.74, 6) is 1.58. The minimum absolute atomic E-state index is 0.359. The topological polar surface area (TPSA) is 61.6 Å². The van der Waals surface area contributed by atoms with Gasteiger partial charge in [-0.05, 0) is 18.8 Å². The first-order valence-corrected chi connectivity index (χ1v) is 4.76. The Morgan fingerprint density at radius 3 is 2.71 bits per heavy atom. The zero-order chi connectivity index (χ0) is 9.97. The Hall–Kier alpha value is -1.63. The van der Waals surface area contributed by atoms with E-state index < -0.39 is 0 Å². The van der Waals surface area contributed by atoms with Crippen LogP contribution in [0, 0.1) is 17.2 Å². The van der Waals surface area contributed by atoms with Crippen LogP contribution < -0.4 is 5.32 Å². The molecule has 4 heteroatoms. The highest BCUT2D eigenvalue weighted by Gasteiger charge is 2.25. The fourth-order valence-electron chi connectivity index (χ4n) is 1.69. The molecule has 2 rings (SSSR count). The standard InChI is InChI=1S/C10H12N4/c1-7-2-8(3-7)14-10-6-12-9(4-11)5-13-10/h5-8H,2-3H2,1H3,(H,13,14). The molecule has 0 saturated heterocycles. The molecule has 14 heavy (non-hydrogen) atoms. The van der Waals surface area contributed by atoms with Crippen molar-refractivity contribution in [3.8, 4) is 6.07 Å². The highest BCUT2D eigenvalue weighted by molar-refractivity contribution is 5.34. The number of nitrogens with zero attached hydrogens (tertiary/aromatic N) is 3. The van der Waals surface area contributed by atoms with Gasteiger partial charge in [0.2, 0.25) is 0 Å². The van der Waals surface area contributed by atoms with Crippen LogP contribution in [0.5, 0.6) is 0 Å². The van der Waals surface area contributed by atoms with Crippen LogP contribution >= 0.6 is 0 Å². The Bertz CT molecular complexity index is 345. The molecule has 0 spiro atoms. The van der Waals surface area contributed by atoms with E-state index in [1.54, 1.807) is 6.20 Å². The third-order valence-corrected chi connectivity index (χ3v) is 2.49. The van der Waals surface area contributed by atoms with Crippen LogP contribution in [0.15, 0.2) is 12.4 Å². The molecule has 0 aliphatic heterocycles. The second kappa shape index (κ2) is 3.62. The summed E-state index contributed by atoms with van der Waals surface area (Å²) in [6.45, 7) is 2.24. The zero-order valence-corrected chi connectivity index (χ0v) is 8.07. The summed E-state index contributed by atoms with van der Waals surface area (Å²) in [5, 5.41) is 11.8. The van der Waals surface area contributed by atoms with Crippen molar-refractivity contribution in [3.63, 3.8) is 0 Å². The molecule has 0 aromatic carbocycles. The number of anilines is 1. The van der Waals surface area contributed by atoms with Gasteiger partial charge < -0.3 is 5.32 Å². The average Bonchev–Trinajstić information content (AvgIpc) is 2.17. The summed E-state index contributed by atoms with van der Waals surface area (Å²) >= 11 is 0. The molecule has 1 aromatic rings. The molecule has 1 aromatic heterocycles. The molecular weight excluding hydrogens is 176 g/mol. The normalized spacial score (nSPS) is 24.9. The minimum atomic E-state index is 0.359. The molecule has 1 heterocycles. The van der Waals surface area contributed by atoms with E-state index in [0.29, 0.717) is 11.7 Å². The van der Waals surface area contributed by atoms with Crippen molar-refractivity contribution < 1.29 is 0 Å². The van der Waals surface area contributed by atoms with Gasteiger partial charge in [0.25, 0.3) is 0 Å². The van der Waals surface area contributed by atoms with Crippen molar-refractivity contribution in [3.05, 3.63) is 18.1 Å². The molecule has 0 unspecified atom stereocenters. The van der Waals surface area contributed by atoms with Crippen LogP contribution in [0.25, 0.3) is 0 Å². The number of nitriles is 1. The Kier molecular flexibility index (Phi) is 2.32. The van der Waals surface area contributed by atoms with Gasteiger partial charge in [-0.3, -0.25) is 0 Å². The first-order valence-electron chi connectivity index (χ1n) is 4.76. The number of hydrogen-bond donors (Lipinski definition) is 1. The largest absolute Gasteiger partial charge is 0.366 e. The van der Waals surface area contributed by atoms with Gasteiger partial charge >= 0.3 is 0 Å². The highest BCUT2D eigenvalue weighted by Crippen LogP contribution is 2.28. The van der Waals surface area contributed by atoms with E-state index in [-0.39, 0.29) is 0 Å². The molecule has 4 nitrogen and oxygen atoms in total. The van der Waals surface area contributed by atoms with Crippen LogP contribution in [0.1, 0.15) is 25.5 Å². The third-order valence-electron chi connectivity index (χ3n) is 2.49. The lowest BCUT2D eigenvalue weighted by atomic mass is 9.82. The van der Waals surface area contributed by atoms with Gasteiger partial charge in [0.05, 0.1) is 12.4 Å². The monoisotopic (exact) mass is 188 g/mol. The number of hydrogen-bond acceptors (Lipinski definition) is 4. The molecular formula is C10H12N4. The SMILES string of the molecule is CC1CC(Nc2cnc(C#N)cn2)C1. The second-order valence-electron chi connectivity index (χ2n) is 3.82. The second-order valence-corrected chi connectivity index (χ2v) is 3.82. The Balaban J connectivity index is 1.94. The molecule has 0 bridgehead atoms. The number of nitrogens with one attached hydrogen (secondary N) is 1. The predicted molar refractivity (Wildman–Crippen MR) is 52.6 cm³/mol. The summed E-state index contributed by atoms with van der Waals surface area (Å²) < 4.78 is 0. The minimum Gasteiger partial charge on any atom is -0.366 e. The lowest BCUT2D eigenvalue weighted by Crippen LogP contribution is -2.34. The third kappa shape index (κ3) is 1.82. The van der Waals surface area contributed by atoms with E-state index in [2.05, 4.69) is 22.2 Å². The molecule has 1 N–H and O–H groups in total. The van der Waals surface area contributed by atoms with Gasteiger partial charge in [0.15, 0.2) is 5.69 Å². The van der Waals surface area contributed by atoms with Gasteiger partial charge in [-0.2, -0.15) is 5.26 Å². The van der Waals surface area contributed by atoms with Crippen LogP contribution in [0.2, 0.25) is 0 Å². The van der Waals surface area contributed by atoms with Gasteiger partial charge in [0, 0.05) is 6.04 Å². The zero-order valence-electron chi connectivity index (χ0n) is 8.07. The lowest BCUT2D eigenvalue weighted by molar-refractivity contribution is 0.308. The van der Waals surface area contributed by atoms with E-state index in [0.717, 1.165) is 11.7 Å². The smallest absolute Gasteiger partial charge is 0.158 e. The van der Waals surface area contributed by atoms with E-state index >= 15 is 0 Å². The molecule has 0 amide bonds. The van der Waals surface area contributed by atoms with E-state index in [4.69, 9.17) is 5.26 Å². The van der Waals surface area contributed by atoms with E-state index in [9.17, 15) is 0 Å². The van der Waals surface area contributed by atoms with E-state index in [1.165, 1.54) is 19.0 Å². The van der Waals surface area contributed by atoms with Crippen molar-refractivity contribution in [2.24, 2.45) is 5.92 Å². The van der Waals surface area contributed by atoms with Gasteiger partial charge in [0.1, 0.15) is 11.9 Å². The van der Waals surface area contributed by atoms with Crippen molar-refractivity contribution in [2.75, 3.05) is 5.32 Å². The van der Waals surface area contributed by atoms with Gasteiger partial charge in [-0.1, -0.05) is 6.92 Å². The first-order chi connectivity index (χ1) is 6.78. The fraction of sp³-hybridized carbons (Fsp3) is 0.500. The maximum Gasteiger partial charge on any atom is 0.158 e. The van der Waals surface area contributed by atoms with Crippen molar-refractivity contribution >= 4 is 5.82 Å². The van der Waals surface area contributed by atoms with Crippen molar-refractivity contribution in [2.45, 2.75) is 25.8 Å². The van der Waals surface area contributed by atoms with Crippen LogP contribution in [0.4, 0.5) is 5.82 Å². The average molecular weight is 188 g/mol. The summed E-state index contributed by atoms with van der Waals surface area (Å²) in [6, 6.07) is 2.48. The lowest BCUT2D eigenvalue weighted by Gasteiger charge is -2.33.